The van der Waals surface area contributed by atoms with E-state index in [0.717, 1.165) is 0 Å². The Morgan fingerprint density at radius 1 is 0.517 bits per heavy atom. The Morgan fingerprint density at radius 3 is 1.24 bits per heavy atom. The number of allylic oxidation sites excluding steroid dienone is 1. The van der Waals surface area contributed by atoms with Crippen molar-refractivity contribution in [2.45, 2.75) is 6.92 Å². The van der Waals surface area contributed by atoms with E-state index in [1.165, 1.54) is 26.8 Å². The van der Waals surface area contributed by atoms with Crippen molar-refractivity contribution in [1.29, 1.82) is 0 Å². The van der Waals surface area contributed by atoms with Crippen LogP contribution in [0.3, 0.4) is 0 Å². The zero-order valence-corrected chi connectivity index (χ0v) is 17.5. The fraction of sp³-hybridized carbons (Fsp3) is 0.0357. The molecule has 4 aromatic rings. The molecule has 0 aliphatic heterocycles. The first kappa shape index (κ1) is 19.2. The lowest BCUT2D eigenvalue weighted by molar-refractivity contribution is 1.66. The second kappa shape index (κ2) is 8.95. The molecule has 1 heteroatoms. The van der Waals surface area contributed by atoms with Gasteiger partial charge in [-0.25, -0.2) is 0 Å². The van der Waals surface area contributed by atoms with Gasteiger partial charge in [0, 0.05) is 0 Å². The summed E-state index contributed by atoms with van der Waals surface area (Å²) in [5.41, 5.74) is 1.22. The van der Waals surface area contributed by atoms with Gasteiger partial charge in [0.25, 0.3) is 0 Å². The normalized spacial score (nSPS) is 11.5. The van der Waals surface area contributed by atoms with Crippen LogP contribution in [0.25, 0.3) is 6.08 Å². The first-order valence-electron chi connectivity index (χ1n) is 9.95. The fourth-order valence-corrected chi connectivity index (χ4v) is 8.18. The summed E-state index contributed by atoms with van der Waals surface area (Å²) in [5.74, 6) is 0. The van der Waals surface area contributed by atoms with E-state index in [1.807, 2.05) is 0 Å². The lowest BCUT2D eigenvalue weighted by atomic mass is 10.2. The summed E-state index contributed by atoms with van der Waals surface area (Å²) in [6, 6.07) is 43.5. The Labute approximate surface area is 174 Å². The Kier molecular flexibility index (Phi) is 5.94. The standard InChI is InChI=1S/C28H25P/c1-24(22-23-25-14-6-2-7-15-25)29(26-16-8-3-9-17-26,27-18-10-4-11-19-27)28-20-12-5-13-21-28/h2-23H,1H3/b23-22+. The number of rotatable bonds is 5. The van der Waals surface area contributed by atoms with Crippen LogP contribution in [0.5, 0.6) is 0 Å². The van der Waals surface area contributed by atoms with Crippen LogP contribution in [0.1, 0.15) is 12.5 Å². The molecule has 0 aliphatic carbocycles. The Balaban J connectivity index is 2.06. The van der Waals surface area contributed by atoms with Crippen LogP contribution in [0.2, 0.25) is 0 Å². The third kappa shape index (κ3) is 3.90. The molecule has 0 saturated carbocycles. The highest BCUT2D eigenvalue weighted by molar-refractivity contribution is 7.95. The van der Waals surface area contributed by atoms with Gasteiger partial charge >= 0.3 is 0 Å². The van der Waals surface area contributed by atoms with Crippen molar-refractivity contribution in [2.24, 2.45) is 0 Å². The second-order valence-corrected chi connectivity index (χ2v) is 10.7. The van der Waals surface area contributed by atoms with Crippen molar-refractivity contribution in [2.75, 3.05) is 0 Å². The van der Waals surface area contributed by atoms with Crippen LogP contribution >= 0.6 is 6.89 Å². The molecule has 0 fully saturated rings. The summed E-state index contributed by atoms with van der Waals surface area (Å²) in [7, 11) is 0. The molecule has 4 aromatic carbocycles. The van der Waals surface area contributed by atoms with Gasteiger partial charge in [0.05, 0.1) is 0 Å². The molecule has 0 spiro atoms. The number of hydrogen-bond donors (Lipinski definition) is 0. The Bertz CT molecular complexity index is 1020. The second-order valence-electron chi connectivity index (χ2n) is 7.06. The topological polar surface area (TPSA) is 0 Å². The predicted octanol–water partition coefficient (Wildman–Crippen LogP) is 5.89. The van der Waals surface area contributed by atoms with Gasteiger partial charge in [0.1, 0.15) is 0 Å². The molecule has 0 bridgehead atoms. The van der Waals surface area contributed by atoms with E-state index in [0.29, 0.717) is 0 Å². The summed E-state index contributed by atoms with van der Waals surface area (Å²) in [5, 5.41) is 5.54. The summed E-state index contributed by atoms with van der Waals surface area (Å²) < 4.78 is 0. The maximum absolute atomic E-state index is 2.32. The van der Waals surface area contributed by atoms with Crippen molar-refractivity contribution in [3.05, 3.63) is 133 Å². The zero-order valence-electron chi connectivity index (χ0n) is 16.6. The molecule has 0 aliphatic rings. The van der Waals surface area contributed by atoms with E-state index in [1.54, 1.807) is 0 Å². The Hall–Kier alpha value is -3.08. The molecule has 0 unspecified atom stereocenters. The highest BCUT2D eigenvalue weighted by Crippen LogP contribution is 2.46. The average molecular weight is 392 g/mol. The predicted molar refractivity (Wildman–Crippen MR) is 131 cm³/mol. The lowest BCUT2D eigenvalue weighted by Crippen LogP contribution is -2.29. The molecule has 142 valence electrons. The summed E-state index contributed by atoms with van der Waals surface area (Å²) in [6.07, 6.45) is 4.55. The number of hydrogen-bond acceptors (Lipinski definition) is 0. The van der Waals surface area contributed by atoms with Gasteiger partial charge in [0.15, 0.2) is 0 Å². The van der Waals surface area contributed by atoms with Crippen LogP contribution in [-0.4, -0.2) is 5.29 Å². The fourth-order valence-electron chi connectivity index (χ4n) is 3.91. The third-order valence-electron chi connectivity index (χ3n) is 5.28. The van der Waals surface area contributed by atoms with E-state index in [2.05, 4.69) is 140 Å². The van der Waals surface area contributed by atoms with Crippen LogP contribution in [-0.2, 0) is 0 Å². The van der Waals surface area contributed by atoms with E-state index < -0.39 is 6.89 Å². The van der Waals surface area contributed by atoms with Crippen LogP contribution < -0.4 is 15.9 Å². The van der Waals surface area contributed by atoms with Gasteiger partial charge in [-0.2, -0.15) is 0 Å². The minimum Gasteiger partial charge on any atom is -0.0622 e. The average Bonchev–Trinajstić information content (AvgIpc) is 2.81. The zero-order chi connectivity index (χ0) is 19.9. The summed E-state index contributed by atoms with van der Waals surface area (Å²) >= 11 is 0. The third-order valence-corrected chi connectivity index (χ3v) is 9.70. The quantitative estimate of drug-likeness (QED) is 0.372. The molecule has 0 nitrogen and oxygen atoms in total. The first-order valence-corrected chi connectivity index (χ1v) is 11.7. The van der Waals surface area contributed by atoms with Crippen molar-refractivity contribution < 1.29 is 0 Å². The van der Waals surface area contributed by atoms with Gasteiger partial charge in [-0.05, 0) is 40.6 Å². The highest BCUT2D eigenvalue weighted by Gasteiger charge is 2.26. The van der Waals surface area contributed by atoms with Crippen LogP contribution in [0.15, 0.2) is 127 Å². The molecule has 4 rings (SSSR count). The Morgan fingerprint density at radius 2 is 0.862 bits per heavy atom. The van der Waals surface area contributed by atoms with Crippen LogP contribution in [0, 0.1) is 0 Å². The molecular formula is C28H25P. The van der Waals surface area contributed by atoms with Gasteiger partial charge in [0.2, 0.25) is 0 Å². The SMILES string of the molecule is CC(/C=C/c1ccccc1)=P(c1ccccc1)(c1ccccc1)c1ccccc1. The van der Waals surface area contributed by atoms with Crippen molar-refractivity contribution in [3.63, 3.8) is 0 Å². The minimum absolute atomic E-state index is 1.22. The molecule has 0 aromatic heterocycles. The maximum atomic E-state index is 2.32. The summed E-state index contributed by atoms with van der Waals surface area (Å²) in [4.78, 5) is 0. The molecule has 0 N–H and O–H groups in total. The first-order chi connectivity index (χ1) is 14.3. The van der Waals surface area contributed by atoms with E-state index in [-0.39, 0.29) is 0 Å². The monoisotopic (exact) mass is 392 g/mol. The smallest absolute Gasteiger partial charge is 0.0158 e. The molecule has 0 heterocycles. The lowest BCUT2D eigenvalue weighted by Gasteiger charge is -2.31. The van der Waals surface area contributed by atoms with Crippen LogP contribution in [0.4, 0.5) is 0 Å². The molecular weight excluding hydrogens is 367 g/mol. The molecule has 0 saturated heterocycles. The largest absolute Gasteiger partial charge is 0.0622 e. The summed E-state index contributed by atoms with van der Waals surface area (Å²) in [6.45, 7) is 0.340. The van der Waals surface area contributed by atoms with Gasteiger partial charge < -0.3 is 0 Å². The molecule has 29 heavy (non-hydrogen) atoms. The minimum atomic E-state index is -1.95. The van der Waals surface area contributed by atoms with E-state index in [9.17, 15) is 0 Å². The van der Waals surface area contributed by atoms with Crippen molar-refractivity contribution in [3.8, 4) is 0 Å². The number of benzene rings is 4. The van der Waals surface area contributed by atoms with Gasteiger partial charge in [-0.15, -0.1) is 0 Å². The van der Waals surface area contributed by atoms with E-state index >= 15 is 0 Å². The van der Waals surface area contributed by atoms with Crippen molar-refractivity contribution >= 4 is 34.2 Å². The molecule has 0 radical (unpaired) electrons. The maximum Gasteiger partial charge on any atom is -0.0158 e. The van der Waals surface area contributed by atoms with E-state index in [4.69, 9.17) is 0 Å². The van der Waals surface area contributed by atoms with Gasteiger partial charge in [-0.1, -0.05) is 133 Å². The van der Waals surface area contributed by atoms with Gasteiger partial charge in [-0.3, -0.25) is 0 Å². The highest BCUT2D eigenvalue weighted by atomic mass is 31.2. The molecule has 0 atom stereocenters. The molecule has 0 amide bonds. The van der Waals surface area contributed by atoms with Crippen molar-refractivity contribution in [1.82, 2.24) is 0 Å².